The van der Waals surface area contributed by atoms with Crippen molar-refractivity contribution >= 4 is 11.8 Å². The third-order valence-corrected chi connectivity index (χ3v) is 9.29. The van der Waals surface area contributed by atoms with Gasteiger partial charge in [-0.2, -0.15) is 0 Å². The monoisotopic (exact) mass is 696 g/mol. The van der Waals surface area contributed by atoms with Crippen molar-refractivity contribution in [2.45, 2.75) is 65.5 Å². The number of likely N-dealkylation sites (tertiary alicyclic amines) is 1. The number of allylic oxidation sites excluding steroid dienone is 3. The maximum Gasteiger partial charge on any atom is 0.230 e. The molecule has 1 aliphatic rings. The number of aromatic amines is 2. The van der Waals surface area contributed by atoms with Crippen LogP contribution in [0, 0.1) is 5.92 Å². The zero-order valence-electron chi connectivity index (χ0n) is 30.6. The number of H-pyrrole nitrogens is 2. The molecule has 2 aromatic carbocycles. The van der Waals surface area contributed by atoms with Crippen LogP contribution in [0.25, 0.3) is 33.9 Å². The lowest BCUT2D eigenvalue weighted by atomic mass is 10.00. The Kier molecular flexibility index (Phi) is 12.5. The van der Waals surface area contributed by atoms with E-state index in [0.717, 1.165) is 57.9 Å². The van der Waals surface area contributed by atoms with E-state index < -0.39 is 0 Å². The highest BCUT2D eigenvalue weighted by molar-refractivity contribution is 5.83. The Morgan fingerprint density at radius 3 is 2.21 bits per heavy atom. The lowest BCUT2D eigenvalue weighted by Gasteiger charge is -2.26. The van der Waals surface area contributed by atoms with Crippen LogP contribution < -0.4 is 5.32 Å². The van der Waals surface area contributed by atoms with Crippen LogP contribution in [0.4, 0.5) is 0 Å². The van der Waals surface area contributed by atoms with Crippen molar-refractivity contribution in [1.82, 2.24) is 40.1 Å². The van der Waals surface area contributed by atoms with E-state index in [9.17, 15) is 9.59 Å². The van der Waals surface area contributed by atoms with Crippen LogP contribution in [0.15, 0.2) is 116 Å². The van der Waals surface area contributed by atoms with Gasteiger partial charge in [0.15, 0.2) is 5.82 Å². The first-order chi connectivity index (χ1) is 25.2. The molecule has 4 heterocycles. The van der Waals surface area contributed by atoms with Gasteiger partial charge in [0.1, 0.15) is 11.6 Å². The molecule has 4 atom stereocenters. The first kappa shape index (κ1) is 37.4. The SMILES string of the molecule is C=C/C=C\C(=C)[C@@H](C)C(=O)N1CCC[C@H]1c1ncc(-c2cnc(-c3ccc(-c4cnc([C@H](C)NC(=O)[C@H](C)c5ccccc5)[nH]4)cc3)nc2)[nH]1.CC. The number of nitrogens with one attached hydrogen (secondary N) is 3. The Morgan fingerprint density at radius 2 is 1.52 bits per heavy atom. The van der Waals surface area contributed by atoms with Crippen molar-refractivity contribution in [1.29, 1.82) is 0 Å². The summed E-state index contributed by atoms with van der Waals surface area (Å²) in [7, 11) is 0. The van der Waals surface area contributed by atoms with E-state index in [1.54, 1.807) is 36.9 Å². The number of aromatic nitrogens is 6. The lowest BCUT2D eigenvalue weighted by molar-refractivity contribution is -0.134. The van der Waals surface area contributed by atoms with Gasteiger partial charge in [-0.25, -0.2) is 19.9 Å². The Bertz CT molecular complexity index is 1990. The number of carbonyl (C=O) groups excluding carboxylic acids is 2. The van der Waals surface area contributed by atoms with E-state index >= 15 is 0 Å². The second-order valence-electron chi connectivity index (χ2n) is 12.7. The Labute approximate surface area is 306 Å². The molecule has 1 aliphatic heterocycles. The summed E-state index contributed by atoms with van der Waals surface area (Å²) < 4.78 is 0. The molecule has 268 valence electrons. The fourth-order valence-corrected chi connectivity index (χ4v) is 6.13. The average molecular weight is 697 g/mol. The third kappa shape index (κ3) is 8.51. The van der Waals surface area contributed by atoms with E-state index in [1.807, 2.05) is 100 Å². The van der Waals surface area contributed by atoms with E-state index in [2.05, 4.69) is 48.4 Å². The number of carbonyl (C=O) groups is 2. The maximum atomic E-state index is 13.3. The topological polar surface area (TPSA) is 133 Å². The summed E-state index contributed by atoms with van der Waals surface area (Å²) >= 11 is 0. The van der Waals surface area contributed by atoms with Crippen LogP contribution in [0.3, 0.4) is 0 Å². The van der Waals surface area contributed by atoms with E-state index in [4.69, 9.17) is 0 Å². The fourth-order valence-electron chi connectivity index (χ4n) is 6.13. The molecule has 3 N–H and O–H groups in total. The third-order valence-electron chi connectivity index (χ3n) is 9.29. The van der Waals surface area contributed by atoms with E-state index in [0.29, 0.717) is 18.2 Å². The van der Waals surface area contributed by atoms with Crippen LogP contribution >= 0.6 is 0 Å². The minimum atomic E-state index is -0.328. The lowest BCUT2D eigenvalue weighted by Crippen LogP contribution is -2.35. The van der Waals surface area contributed by atoms with Gasteiger partial charge in [-0.3, -0.25) is 9.59 Å². The highest BCUT2D eigenvalue weighted by atomic mass is 16.2. The number of nitrogens with zero attached hydrogens (tertiary/aromatic N) is 5. The Morgan fingerprint density at radius 1 is 0.865 bits per heavy atom. The van der Waals surface area contributed by atoms with Crippen molar-refractivity contribution in [2.75, 3.05) is 6.54 Å². The molecule has 1 fully saturated rings. The number of hydrogen-bond acceptors (Lipinski definition) is 6. The van der Waals surface area contributed by atoms with E-state index in [1.165, 1.54) is 0 Å². The van der Waals surface area contributed by atoms with Gasteiger partial charge in [0.2, 0.25) is 11.8 Å². The molecular weight excluding hydrogens is 649 g/mol. The van der Waals surface area contributed by atoms with Crippen LogP contribution in [-0.2, 0) is 9.59 Å². The van der Waals surface area contributed by atoms with Gasteiger partial charge in [0.25, 0.3) is 0 Å². The number of rotatable bonds is 12. The minimum Gasteiger partial charge on any atom is -0.346 e. The molecule has 0 spiro atoms. The summed E-state index contributed by atoms with van der Waals surface area (Å²) in [6, 6.07) is 17.3. The first-order valence-electron chi connectivity index (χ1n) is 17.9. The molecule has 10 nitrogen and oxygen atoms in total. The molecule has 52 heavy (non-hydrogen) atoms. The summed E-state index contributed by atoms with van der Waals surface area (Å²) in [6.07, 6.45) is 14.2. The van der Waals surface area contributed by atoms with Gasteiger partial charge in [-0.05, 0) is 50.3 Å². The molecule has 0 bridgehead atoms. The summed E-state index contributed by atoms with van der Waals surface area (Å²) in [6.45, 7) is 18.1. The van der Waals surface area contributed by atoms with Gasteiger partial charge in [0, 0.05) is 30.1 Å². The van der Waals surface area contributed by atoms with Crippen molar-refractivity contribution in [3.8, 4) is 33.9 Å². The van der Waals surface area contributed by atoms with Crippen molar-refractivity contribution in [2.24, 2.45) is 5.92 Å². The molecule has 0 aliphatic carbocycles. The van der Waals surface area contributed by atoms with E-state index in [-0.39, 0.29) is 35.7 Å². The van der Waals surface area contributed by atoms with Crippen molar-refractivity contribution in [3.05, 3.63) is 134 Å². The molecule has 3 aromatic heterocycles. The van der Waals surface area contributed by atoms with Gasteiger partial charge < -0.3 is 20.2 Å². The molecule has 1 saturated heterocycles. The Hall–Kier alpha value is -5.90. The predicted octanol–water partition coefficient (Wildman–Crippen LogP) is 8.53. The molecule has 0 saturated carbocycles. The van der Waals surface area contributed by atoms with Crippen molar-refractivity contribution in [3.63, 3.8) is 0 Å². The second kappa shape index (κ2) is 17.4. The first-order valence-corrected chi connectivity index (χ1v) is 17.9. The smallest absolute Gasteiger partial charge is 0.230 e. The highest BCUT2D eigenvalue weighted by Crippen LogP contribution is 2.34. The zero-order chi connectivity index (χ0) is 37.2. The molecule has 5 aromatic rings. The van der Waals surface area contributed by atoms with Crippen LogP contribution in [-0.4, -0.2) is 53.2 Å². The maximum absolute atomic E-state index is 13.3. The fraction of sp³-hybridized carbons (Fsp3) is 0.286. The van der Waals surface area contributed by atoms with Crippen LogP contribution in [0.5, 0.6) is 0 Å². The number of imidazole rings is 2. The molecule has 6 rings (SSSR count). The molecule has 10 heteroatoms. The molecule has 0 radical (unpaired) electrons. The number of amides is 2. The predicted molar refractivity (Wildman–Crippen MR) is 207 cm³/mol. The number of hydrogen-bond donors (Lipinski definition) is 3. The normalized spacial score (nSPS) is 15.7. The van der Waals surface area contributed by atoms with Crippen molar-refractivity contribution < 1.29 is 9.59 Å². The summed E-state index contributed by atoms with van der Waals surface area (Å²) in [5.41, 5.74) is 6.00. The second-order valence-corrected chi connectivity index (χ2v) is 12.7. The zero-order valence-corrected chi connectivity index (χ0v) is 30.6. The van der Waals surface area contributed by atoms with Gasteiger partial charge in [-0.1, -0.05) is 99.8 Å². The standard InChI is InChI=1S/C40H42N8O2.C2H6/c1-6-7-12-25(2)26(3)40(50)48-20-11-15-35(48)38-44-24-34(47-38)32-21-41-37(42-22-32)31-18-16-30(17-19-31)33-23-43-36(46-33)28(5)45-39(49)27(4)29-13-9-8-10-14-29;1-2/h6-10,12-14,16-19,21-24,26-28,35H,1-2,11,15,20H2,3-5H3,(H,43,46)(H,44,47)(H,45,49);1-2H3/b12-7-;/t26-,27-,28+,35+;/m1./s1. The van der Waals surface area contributed by atoms with Gasteiger partial charge in [-0.15, -0.1) is 0 Å². The highest BCUT2D eigenvalue weighted by Gasteiger charge is 2.34. The van der Waals surface area contributed by atoms with Gasteiger partial charge in [0.05, 0.1) is 47.7 Å². The Balaban J connectivity index is 0.00000257. The number of benzene rings is 2. The quantitative estimate of drug-likeness (QED) is 0.112. The molecule has 2 amide bonds. The summed E-state index contributed by atoms with van der Waals surface area (Å²) in [4.78, 5) is 53.3. The average Bonchev–Trinajstić information content (AvgIpc) is 3.99. The van der Waals surface area contributed by atoms with Crippen LogP contribution in [0.2, 0.25) is 0 Å². The molecular formula is C42H48N8O2. The summed E-state index contributed by atoms with van der Waals surface area (Å²) in [5, 5.41) is 3.06. The van der Waals surface area contributed by atoms with Crippen LogP contribution in [0.1, 0.15) is 82.7 Å². The largest absolute Gasteiger partial charge is 0.346 e. The summed E-state index contributed by atoms with van der Waals surface area (Å²) in [5.74, 6) is 1.44. The molecule has 0 unspecified atom stereocenters. The minimum absolute atomic E-state index is 0.0445. The van der Waals surface area contributed by atoms with Gasteiger partial charge >= 0.3 is 0 Å².